The van der Waals surface area contributed by atoms with E-state index in [4.69, 9.17) is 5.73 Å². The fraction of sp³-hybridized carbons (Fsp3) is 0.250. The molecule has 2 heteroatoms. The summed E-state index contributed by atoms with van der Waals surface area (Å²) < 4.78 is 0. The molecular weight excluding hydrogens is 220 g/mol. The summed E-state index contributed by atoms with van der Waals surface area (Å²) in [5.74, 6) is 0. The van der Waals surface area contributed by atoms with Crippen LogP contribution in [0.25, 0.3) is 0 Å². The molecule has 2 aromatic carbocycles. The molecule has 0 saturated heterocycles. The lowest BCUT2D eigenvalue weighted by Crippen LogP contribution is -2.11. The summed E-state index contributed by atoms with van der Waals surface area (Å²) in [6.45, 7) is 6.44. The van der Waals surface area contributed by atoms with Crippen LogP contribution in [0.2, 0.25) is 0 Å². The molecule has 0 spiro atoms. The van der Waals surface area contributed by atoms with Gasteiger partial charge in [-0.2, -0.15) is 0 Å². The lowest BCUT2D eigenvalue weighted by atomic mass is 10.0. The van der Waals surface area contributed by atoms with Crippen LogP contribution in [-0.2, 0) is 0 Å². The smallest absolute Gasteiger partial charge is 0.0440 e. The highest BCUT2D eigenvalue weighted by molar-refractivity contribution is 5.68. The average molecular weight is 240 g/mol. The molecule has 0 atom stereocenters. The van der Waals surface area contributed by atoms with Crippen LogP contribution in [-0.4, -0.2) is 7.05 Å². The van der Waals surface area contributed by atoms with Gasteiger partial charge < -0.3 is 10.6 Å². The molecule has 0 unspecified atom stereocenters. The Morgan fingerprint density at radius 2 is 1.39 bits per heavy atom. The maximum Gasteiger partial charge on any atom is 0.0440 e. The van der Waals surface area contributed by atoms with Crippen LogP contribution in [0, 0.1) is 20.8 Å². The zero-order chi connectivity index (χ0) is 13.3. The number of nitrogens with two attached hydrogens (primary N) is 1. The van der Waals surface area contributed by atoms with Crippen molar-refractivity contribution in [1.29, 1.82) is 0 Å². The van der Waals surface area contributed by atoms with Gasteiger partial charge in [0.25, 0.3) is 0 Å². The van der Waals surface area contributed by atoms with Crippen LogP contribution < -0.4 is 10.6 Å². The van der Waals surface area contributed by atoms with Crippen molar-refractivity contribution in [3.8, 4) is 0 Å². The highest BCUT2D eigenvalue weighted by atomic mass is 15.1. The highest BCUT2D eigenvalue weighted by Gasteiger charge is 2.08. The van der Waals surface area contributed by atoms with Crippen molar-refractivity contribution in [2.45, 2.75) is 20.8 Å². The highest BCUT2D eigenvalue weighted by Crippen LogP contribution is 2.29. The van der Waals surface area contributed by atoms with Crippen molar-refractivity contribution in [1.82, 2.24) is 0 Å². The van der Waals surface area contributed by atoms with Crippen molar-refractivity contribution < 1.29 is 0 Å². The molecule has 2 N–H and O–H groups in total. The molecule has 0 heterocycles. The Hall–Kier alpha value is -1.96. The van der Waals surface area contributed by atoms with E-state index in [9.17, 15) is 0 Å². The average Bonchev–Trinajstić information content (AvgIpc) is 2.34. The topological polar surface area (TPSA) is 29.3 Å². The van der Waals surface area contributed by atoms with E-state index in [-0.39, 0.29) is 0 Å². The molecule has 0 aliphatic heterocycles. The first kappa shape index (κ1) is 12.5. The van der Waals surface area contributed by atoms with E-state index in [2.05, 4.69) is 44.9 Å². The minimum Gasteiger partial charge on any atom is -0.399 e. The minimum absolute atomic E-state index is 0.795. The van der Waals surface area contributed by atoms with Crippen molar-refractivity contribution in [3.05, 3.63) is 53.1 Å². The SMILES string of the molecule is Cc1cc(C)c(N(C)c2ccc(N)cc2)cc1C. The lowest BCUT2D eigenvalue weighted by Gasteiger charge is -2.23. The van der Waals surface area contributed by atoms with Gasteiger partial charge in [-0.1, -0.05) is 6.07 Å². The van der Waals surface area contributed by atoms with Gasteiger partial charge in [0, 0.05) is 24.1 Å². The van der Waals surface area contributed by atoms with Gasteiger partial charge >= 0.3 is 0 Å². The number of aryl methyl sites for hydroxylation is 3. The molecule has 0 amide bonds. The van der Waals surface area contributed by atoms with Gasteiger partial charge in [-0.25, -0.2) is 0 Å². The van der Waals surface area contributed by atoms with Gasteiger partial charge in [0.1, 0.15) is 0 Å². The number of nitrogens with zero attached hydrogens (tertiary/aromatic N) is 1. The van der Waals surface area contributed by atoms with Crippen molar-refractivity contribution in [2.75, 3.05) is 17.7 Å². The molecule has 0 radical (unpaired) electrons. The maximum atomic E-state index is 5.72. The van der Waals surface area contributed by atoms with Crippen LogP contribution in [0.15, 0.2) is 36.4 Å². The molecular formula is C16H20N2. The van der Waals surface area contributed by atoms with Crippen LogP contribution in [0.3, 0.4) is 0 Å². The molecule has 0 aliphatic rings. The number of anilines is 3. The first-order chi connectivity index (χ1) is 8.49. The predicted octanol–water partition coefficient (Wildman–Crippen LogP) is 3.96. The number of nitrogen functional groups attached to an aromatic ring is 1. The van der Waals surface area contributed by atoms with Gasteiger partial charge in [0.05, 0.1) is 0 Å². The minimum atomic E-state index is 0.795. The van der Waals surface area contributed by atoms with Crippen molar-refractivity contribution in [2.24, 2.45) is 0 Å². The van der Waals surface area contributed by atoms with E-state index in [0.717, 1.165) is 11.4 Å². The molecule has 94 valence electrons. The fourth-order valence-electron chi connectivity index (χ4n) is 2.14. The Labute approximate surface area is 109 Å². The van der Waals surface area contributed by atoms with Crippen LogP contribution in [0.5, 0.6) is 0 Å². The zero-order valence-corrected chi connectivity index (χ0v) is 11.5. The van der Waals surface area contributed by atoms with E-state index in [1.54, 1.807) is 0 Å². The van der Waals surface area contributed by atoms with Gasteiger partial charge in [-0.3, -0.25) is 0 Å². The Bertz CT molecular complexity index is 556. The molecule has 2 rings (SSSR count). The summed E-state index contributed by atoms with van der Waals surface area (Å²) in [6, 6.07) is 12.4. The molecule has 2 nitrogen and oxygen atoms in total. The normalized spacial score (nSPS) is 10.4. The van der Waals surface area contributed by atoms with E-state index < -0.39 is 0 Å². The maximum absolute atomic E-state index is 5.72. The largest absolute Gasteiger partial charge is 0.399 e. The molecule has 0 saturated carbocycles. The molecule has 0 bridgehead atoms. The third-order valence-electron chi connectivity index (χ3n) is 3.45. The van der Waals surface area contributed by atoms with E-state index in [1.165, 1.54) is 22.4 Å². The fourth-order valence-corrected chi connectivity index (χ4v) is 2.14. The zero-order valence-electron chi connectivity index (χ0n) is 11.5. The van der Waals surface area contributed by atoms with Gasteiger partial charge in [0.15, 0.2) is 0 Å². The summed E-state index contributed by atoms with van der Waals surface area (Å²) in [4.78, 5) is 2.20. The molecule has 18 heavy (non-hydrogen) atoms. The van der Waals surface area contributed by atoms with Crippen molar-refractivity contribution >= 4 is 17.1 Å². The molecule has 2 aromatic rings. The first-order valence-electron chi connectivity index (χ1n) is 6.16. The third-order valence-corrected chi connectivity index (χ3v) is 3.45. The number of benzene rings is 2. The Morgan fingerprint density at radius 1 is 0.833 bits per heavy atom. The number of hydrogen-bond donors (Lipinski definition) is 1. The standard InChI is InChI=1S/C16H20N2/c1-11-9-13(3)16(10-12(11)2)18(4)15-7-5-14(17)6-8-15/h5-10H,17H2,1-4H3. The first-order valence-corrected chi connectivity index (χ1v) is 6.16. The second-order valence-electron chi connectivity index (χ2n) is 4.87. The quantitative estimate of drug-likeness (QED) is 0.805. The van der Waals surface area contributed by atoms with Gasteiger partial charge in [-0.05, 0) is 67.8 Å². The second kappa shape index (κ2) is 4.73. The van der Waals surface area contributed by atoms with Crippen LogP contribution in [0.4, 0.5) is 17.1 Å². The monoisotopic (exact) mass is 240 g/mol. The number of rotatable bonds is 2. The summed E-state index contributed by atoms with van der Waals surface area (Å²) in [6.07, 6.45) is 0. The van der Waals surface area contributed by atoms with Gasteiger partial charge in [-0.15, -0.1) is 0 Å². The Kier molecular flexibility index (Phi) is 3.28. The van der Waals surface area contributed by atoms with E-state index >= 15 is 0 Å². The Balaban J connectivity index is 2.42. The van der Waals surface area contributed by atoms with Crippen LogP contribution >= 0.6 is 0 Å². The third kappa shape index (κ3) is 2.33. The predicted molar refractivity (Wildman–Crippen MR) is 79.6 cm³/mol. The van der Waals surface area contributed by atoms with Crippen LogP contribution in [0.1, 0.15) is 16.7 Å². The Morgan fingerprint density at radius 3 is 2.00 bits per heavy atom. The number of hydrogen-bond acceptors (Lipinski definition) is 2. The molecule has 0 fully saturated rings. The van der Waals surface area contributed by atoms with E-state index in [0.29, 0.717) is 0 Å². The van der Waals surface area contributed by atoms with Gasteiger partial charge in [0.2, 0.25) is 0 Å². The van der Waals surface area contributed by atoms with Crippen molar-refractivity contribution in [3.63, 3.8) is 0 Å². The summed E-state index contributed by atoms with van der Waals surface area (Å²) in [5, 5.41) is 0. The molecule has 0 aromatic heterocycles. The summed E-state index contributed by atoms with van der Waals surface area (Å²) in [5.41, 5.74) is 12.8. The lowest BCUT2D eigenvalue weighted by molar-refractivity contribution is 1.16. The van der Waals surface area contributed by atoms with E-state index in [1.807, 2.05) is 24.3 Å². The summed E-state index contributed by atoms with van der Waals surface area (Å²) in [7, 11) is 2.09. The summed E-state index contributed by atoms with van der Waals surface area (Å²) >= 11 is 0. The second-order valence-corrected chi connectivity index (χ2v) is 4.87. The molecule has 0 aliphatic carbocycles.